The third-order valence-corrected chi connectivity index (χ3v) is 10.6. The average Bonchev–Trinajstić information content (AvgIpc) is 2.99. The van der Waals surface area contributed by atoms with Gasteiger partial charge in [-0.15, -0.1) is 0 Å². The van der Waals surface area contributed by atoms with Gasteiger partial charge in [0.05, 0.1) is 0 Å². The molecule has 6 rings (SSSR count). The standard InChI is InChI=1S/C39H45N/c1-36(2,3)39(7)24-13-19-33(31-17-10-11-18-32(31)39)40-29-15-12-23-38(6,25-22-29)35-34-28(26-37(35,4)5)21-20-27-14-8-9-16-30(27)34/h8-23,25,32,35,40H,24,26H2,1-7H3. The molecule has 0 radical (unpaired) electrons. The second-order valence-electron chi connectivity index (χ2n) is 14.6. The summed E-state index contributed by atoms with van der Waals surface area (Å²) in [6.45, 7) is 16.9. The first kappa shape index (κ1) is 26.9. The van der Waals surface area contributed by atoms with E-state index in [2.05, 4.69) is 157 Å². The van der Waals surface area contributed by atoms with Crippen molar-refractivity contribution in [2.75, 3.05) is 0 Å². The van der Waals surface area contributed by atoms with Crippen LogP contribution in [0, 0.1) is 27.6 Å². The first-order valence-corrected chi connectivity index (χ1v) is 15.0. The summed E-state index contributed by atoms with van der Waals surface area (Å²) >= 11 is 0. The quantitative estimate of drug-likeness (QED) is 0.419. The smallest absolute Gasteiger partial charge is 0.0419 e. The third kappa shape index (κ3) is 4.30. The van der Waals surface area contributed by atoms with Crippen molar-refractivity contribution in [3.63, 3.8) is 0 Å². The van der Waals surface area contributed by atoms with Crippen LogP contribution in [-0.4, -0.2) is 0 Å². The van der Waals surface area contributed by atoms with E-state index < -0.39 is 0 Å². The highest BCUT2D eigenvalue weighted by molar-refractivity contribution is 5.88. The molecule has 1 nitrogen and oxygen atoms in total. The zero-order chi connectivity index (χ0) is 28.3. The number of hydrogen-bond acceptors (Lipinski definition) is 1. The van der Waals surface area contributed by atoms with E-state index in [9.17, 15) is 0 Å². The van der Waals surface area contributed by atoms with Crippen molar-refractivity contribution in [3.8, 4) is 0 Å². The minimum atomic E-state index is -0.100. The van der Waals surface area contributed by atoms with Gasteiger partial charge in [-0.25, -0.2) is 0 Å². The van der Waals surface area contributed by atoms with E-state index in [0.717, 1.165) is 18.5 Å². The van der Waals surface area contributed by atoms with E-state index in [1.165, 1.54) is 33.2 Å². The number of allylic oxidation sites excluding steroid dienone is 12. The molecule has 0 spiro atoms. The monoisotopic (exact) mass is 527 g/mol. The maximum Gasteiger partial charge on any atom is 0.0419 e. The lowest BCUT2D eigenvalue weighted by molar-refractivity contribution is 0.0772. The molecule has 1 heteroatoms. The molecule has 4 atom stereocenters. The van der Waals surface area contributed by atoms with Crippen LogP contribution in [0.5, 0.6) is 0 Å². The molecule has 206 valence electrons. The summed E-state index contributed by atoms with van der Waals surface area (Å²) in [5, 5.41) is 6.61. The Morgan fingerprint density at radius 2 is 1.65 bits per heavy atom. The lowest BCUT2D eigenvalue weighted by atomic mass is 9.57. The lowest BCUT2D eigenvalue weighted by Gasteiger charge is -2.47. The van der Waals surface area contributed by atoms with E-state index in [-0.39, 0.29) is 21.7 Å². The van der Waals surface area contributed by atoms with Crippen LogP contribution in [0.4, 0.5) is 0 Å². The lowest BCUT2D eigenvalue weighted by Crippen LogP contribution is -2.40. The van der Waals surface area contributed by atoms with Crippen molar-refractivity contribution in [3.05, 3.63) is 131 Å². The van der Waals surface area contributed by atoms with Crippen molar-refractivity contribution in [1.82, 2.24) is 5.32 Å². The Hall–Kier alpha value is -3.32. The molecule has 0 aromatic heterocycles. The molecule has 0 bridgehead atoms. The minimum Gasteiger partial charge on any atom is -0.355 e. The van der Waals surface area contributed by atoms with Crippen molar-refractivity contribution in [2.45, 2.75) is 67.2 Å². The predicted octanol–water partition coefficient (Wildman–Crippen LogP) is 10.1. The molecule has 2 aromatic carbocycles. The van der Waals surface area contributed by atoms with Crippen LogP contribution in [0.2, 0.25) is 0 Å². The zero-order valence-electron chi connectivity index (χ0n) is 25.4. The van der Waals surface area contributed by atoms with E-state index in [1.807, 2.05) is 0 Å². The molecular weight excluding hydrogens is 482 g/mol. The highest BCUT2D eigenvalue weighted by Gasteiger charge is 2.48. The Morgan fingerprint density at radius 3 is 2.45 bits per heavy atom. The fourth-order valence-corrected chi connectivity index (χ4v) is 8.03. The SMILES string of the molecule is CC1(C2c3c(ccc4ccccc34)CC2(C)C)C=CC=C(NC2=C3C=CC=CC3C(C)(C(C)(C)C)CC=C2)C=C1. The predicted molar refractivity (Wildman–Crippen MR) is 172 cm³/mol. The van der Waals surface area contributed by atoms with E-state index in [4.69, 9.17) is 0 Å². The minimum absolute atomic E-state index is 0.100. The number of benzene rings is 2. The largest absolute Gasteiger partial charge is 0.355 e. The first-order chi connectivity index (χ1) is 18.9. The van der Waals surface area contributed by atoms with Crippen LogP contribution in [0.3, 0.4) is 0 Å². The molecule has 40 heavy (non-hydrogen) atoms. The molecule has 0 fully saturated rings. The van der Waals surface area contributed by atoms with Crippen molar-refractivity contribution < 1.29 is 0 Å². The molecule has 4 aliphatic carbocycles. The maximum absolute atomic E-state index is 3.85. The Balaban J connectivity index is 1.35. The van der Waals surface area contributed by atoms with E-state index in [0.29, 0.717) is 11.8 Å². The Labute approximate surface area is 241 Å². The molecule has 0 aliphatic heterocycles. The molecule has 0 heterocycles. The second kappa shape index (κ2) is 9.37. The van der Waals surface area contributed by atoms with E-state index >= 15 is 0 Å². The maximum atomic E-state index is 3.85. The molecule has 4 unspecified atom stereocenters. The fourth-order valence-electron chi connectivity index (χ4n) is 8.03. The van der Waals surface area contributed by atoms with Crippen LogP contribution in [-0.2, 0) is 6.42 Å². The Morgan fingerprint density at radius 1 is 0.850 bits per heavy atom. The van der Waals surface area contributed by atoms with E-state index in [1.54, 1.807) is 0 Å². The molecule has 4 aliphatic rings. The number of hydrogen-bond donors (Lipinski definition) is 1. The van der Waals surface area contributed by atoms with Gasteiger partial charge in [-0.05, 0) is 74.8 Å². The Kier molecular flexibility index (Phi) is 6.30. The molecule has 0 saturated carbocycles. The van der Waals surface area contributed by atoms with Gasteiger partial charge in [-0.2, -0.15) is 0 Å². The highest BCUT2D eigenvalue weighted by atomic mass is 14.9. The normalized spacial score (nSPS) is 30.6. The summed E-state index contributed by atoms with van der Waals surface area (Å²) in [4.78, 5) is 0. The summed E-state index contributed by atoms with van der Waals surface area (Å²) in [5.74, 6) is 0.764. The summed E-state index contributed by atoms with van der Waals surface area (Å²) in [6.07, 6.45) is 27.8. The van der Waals surface area contributed by atoms with Crippen molar-refractivity contribution >= 4 is 10.8 Å². The second-order valence-corrected chi connectivity index (χ2v) is 14.6. The van der Waals surface area contributed by atoms with Gasteiger partial charge in [0.1, 0.15) is 0 Å². The molecule has 0 saturated heterocycles. The molecular formula is C39H45N. The first-order valence-electron chi connectivity index (χ1n) is 15.0. The number of rotatable bonds is 3. The summed E-state index contributed by atoms with van der Waals surface area (Å²) in [7, 11) is 0. The molecule has 2 aromatic rings. The van der Waals surface area contributed by atoms with Gasteiger partial charge < -0.3 is 5.32 Å². The van der Waals surface area contributed by atoms with Gasteiger partial charge in [-0.1, -0.05) is 133 Å². The molecule has 0 amide bonds. The number of nitrogens with one attached hydrogen (secondary N) is 1. The zero-order valence-corrected chi connectivity index (χ0v) is 25.4. The van der Waals surface area contributed by atoms with Crippen LogP contribution in [0.1, 0.15) is 71.9 Å². The summed E-state index contributed by atoms with van der Waals surface area (Å²) in [6, 6.07) is 13.6. The fraction of sp³-hybridized carbons (Fsp3) is 0.385. The van der Waals surface area contributed by atoms with Gasteiger partial charge in [0.15, 0.2) is 0 Å². The topological polar surface area (TPSA) is 12.0 Å². The van der Waals surface area contributed by atoms with Crippen LogP contribution in [0.25, 0.3) is 10.8 Å². The van der Waals surface area contributed by atoms with Gasteiger partial charge in [0.2, 0.25) is 0 Å². The van der Waals surface area contributed by atoms with Crippen LogP contribution < -0.4 is 5.32 Å². The summed E-state index contributed by atoms with van der Waals surface area (Å²) < 4.78 is 0. The van der Waals surface area contributed by atoms with Crippen LogP contribution in [0.15, 0.2) is 120 Å². The average molecular weight is 528 g/mol. The molecule has 1 N–H and O–H groups in total. The summed E-state index contributed by atoms with van der Waals surface area (Å²) in [5.41, 5.74) is 7.16. The van der Waals surface area contributed by atoms with Gasteiger partial charge in [0.25, 0.3) is 0 Å². The van der Waals surface area contributed by atoms with Gasteiger partial charge >= 0.3 is 0 Å². The Bertz CT molecular complexity index is 1560. The number of fused-ring (bicyclic) bond motifs is 4. The van der Waals surface area contributed by atoms with Gasteiger partial charge in [-0.3, -0.25) is 0 Å². The van der Waals surface area contributed by atoms with Gasteiger partial charge in [0, 0.05) is 28.6 Å². The third-order valence-electron chi connectivity index (χ3n) is 10.6. The van der Waals surface area contributed by atoms with Crippen LogP contribution >= 0.6 is 0 Å². The van der Waals surface area contributed by atoms with Crippen molar-refractivity contribution in [1.29, 1.82) is 0 Å². The highest BCUT2D eigenvalue weighted by Crippen LogP contribution is 2.58. The van der Waals surface area contributed by atoms with Crippen molar-refractivity contribution in [2.24, 2.45) is 27.6 Å².